The summed E-state index contributed by atoms with van der Waals surface area (Å²) in [4.78, 5) is 26.1. The van der Waals surface area contributed by atoms with Crippen LogP contribution in [0.2, 0.25) is 0 Å². The molecule has 0 aliphatic heterocycles. The first-order valence-electron chi connectivity index (χ1n) is 5.44. The molecule has 1 aromatic heterocycles. The van der Waals surface area contributed by atoms with Crippen molar-refractivity contribution >= 4 is 17.7 Å². The molecular weight excluding hydrogens is 270 g/mol. The number of rotatable bonds is 3. The molecule has 0 spiro atoms. The number of hydrogen-bond donors (Lipinski definition) is 2. The largest absolute Gasteiger partial charge is 0.477 e. The number of nitrogens with one attached hydrogen (secondary N) is 1. The Hall–Kier alpha value is -2.83. The monoisotopic (exact) mass is 278 g/mol. The van der Waals surface area contributed by atoms with E-state index in [4.69, 9.17) is 5.11 Å². The van der Waals surface area contributed by atoms with E-state index in [1.165, 1.54) is 18.2 Å². The molecule has 0 saturated carbocycles. The molecule has 0 aliphatic carbocycles. The van der Waals surface area contributed by atoms with Gasteiger partial charge in [0.25, 0.3) is 5.91 Å². The lowest BCUT2D eigenvalue weighted by Gasteiger charge is -2.06. The van der Waals surface area contributed by atoms with Crippen molar-refractivity contribution in [3.05, 3.63) is 59.3 Å². The fraction of sp³-hybridized carbons (Fsp3) is 0. The van der Waals surface area contributed by atoms with Gasteiger partial charge in [0.1, 0.15) is 17.5 Å². The zero-order valence-corrected chi connectivity index (χ0v) is 9.93. The Morgan fingerprint density at radius 2 is 1.90 bits per heavy atom. The fourth-order valence-corrected chi connectivity index (χ4v) is 1.48. The highest BCUT2D eigenvalue weighted by Gasteiger charge is 2.14. The Morgan fingerprint density at radius 1 is 1.15 bits per heavy atom. The Labute approximate surface area is 111 Å². The third-order valence-corrected chi connectivity index (χ3v) is 2.38. The highest BCUT2D eigenvalue weighted by atomic mass is 19.1. The summed E-state index contributed by atoms with van der Waals surface area (Å²) in [6.45, 7) is 0. The molecule has 1 amide bonds. The molecule has 0 unspecified atom stereocenters. The number of pyridine rings is 1. The van der Waals surface area contributed by atoms with Gasteiger partial charge in [-0.15, -0.1) is 0 Å². The predicted octanol–water partition coefficient (Wildman–Crippen LogP) is 2.31. The van der Waals surface area contributed by atoms with Crippen LogP contribution in [-0.4, -0.2) is 22.0 Å². The maximum Gasteiger partial charge on any atom is 0.354 e. The van der Waals surface area contributed by atoms with E-state index in [0.717, 1.165) is 18.2 Å². The van der Waals surface area contributed by atoms with Gasteiger partial charge in [0.05, 0.1) is 5.56 Å². The smallest absolute Gasteiger partial charge is 0.354 e. The molecule has 0 bridgehead atoms. The minimum absolute atomic E-state index is 0.0708. The standard InChI is InChI=1S/C13H8F2N2O3/c14-7-4-5-9(15)8(6-7)12(18)17-11-3-1-2-10(16-11)13(19)20/h1-6H,(H,19,20)(H,16,17,18). The maximum absolute atomic E-state index is 13.4. The topological polar surface area (TPSA) is 79.3 Å². The van der Waals surface area contributed by atoms with Gasteiger partial charge in [-0.25, -0.2) is 18.6 Å². The van der Waals surface area contributed by atoms with Gasteiger partial charge in [-0.3, -0.25) is 4.79 Å². The number of halogens is 2. The summed E-state index contributed by atoms with van der Waals surface area (Å²) >= 11 is 0. The van der Waals surface area contributed by atoms with Crippen molar-refractivity contribution in [3.8, 4) is 0 Å². The molecule has 20 heavy (non-hydrogen) atoms. The molecule has 0 fully saturated rings. The molecular formula is C13H8F2N2O3. The molecule has 0 radical (unpaired) electrons. The number of aromatic nitrogens is 1. The highest BCUT2D eigenvalue weighted by Crippen LogP contribution is 2.12. The average molecular weight is 278 g/mol. The lowest BCUT2D eigenvalue weighted by Crippen LogP contribution is -2.16. The Morgan fingerprint density at radius 3 is 2.60 bits per heavy atom. The Bertz CT molecular complexity index is 689. The molecule has 0 aliphatic rings. The number of hydrogen-bond acceptors (Lipinski definition) is 3. The van der Waals surface area contributed by atoms with Crippen molar-refractivity contribution in [1.82, 2.24) is 4.98 Å². The van der Waals surface area contributed by atoms with Crippen LogP contribution in [0.4, 0.5) is 14.6 Å². The summed E-state index contributed by atoms with van der Waals surface area (Å²) in [6.07, 6.45) is 0. The summed E-state index contributed by atoms with van der Waals surface area (Å²) in [5.74, 6) is -3.91. The maximum atomic E-state index is 13.4. The van der Waals surface area contributed by atoms with E-state index < -0.39 is 29.1 Å². The molecule has 7 heteroatoms. The minimum Gasteiger partial charge on any atom is -0.477 e. The van der Waals surface area contributed by atoms with Gasteiger partial charge in [-0.2, -0.15) is 0 Å². The normalized spacial score (nSPS) is 10.1. The third kappa shape index (κ3) is 2.94. The van der Waals surface area contributed by atoms with Crippen molar-refractivity contribution in [2.24, 2.45) is 0 Å². The van der Waals surface area contributed by atoms with Gasteiger partial charge in [-0.1, -0.05) is 6.07 Å². The van der Waals surface area contributed by atoms with E-state index in [1.807, 2.05) is 0 Å². The van der Waals surface area contributed by atoms with Gasteiger partial charge in [-0.05, 0) is 30.3 Å². The van der Waals surface area contributed by atoms with Crippen LogP contribution in [0, 0.1) is 11.6 Å². The van der Waals surface area contributed by atoms with Crippen molar-refractivity contribution < 1.29 is 23.5 Å². The molecule has 1 heterocycles. The Kier molecular flexibility index (Phi) is 3.69. The van der Waals surface area contributed by atoms with E-state index in [9.17, 15) is 18.4 Å². The molecule has 2 N–H and O–H groups in total. The van der Waals surface area contributed by atoms with Crippen LogP contribution >= 0.6 is 0 Å². The third-order valence-electron chi connectivity index (χ3n) is 2.38. The molecule has 1 aromatic carbocycles. The van der Waals surface area contributed by atoms with E-state index in [1.54, 1.807) is 0 Å². The van der Waals surface area contributed by atoms with Crippen LogP contribution in [0.5, 0.6) is 0 Å². The van der Waals surface area contributed by atoms with E-state index in [0.29, 0.717) is 0 Å². The molecule has 2 rings (SSSR count). The summed E-state index contributed by atoms with van der Waals surface area (Å²) in [5, 5.41) is 11.0. The number of amides is 1. The molecule has 102 valence electrons. The van der Waals surface area contributed by atoms with Gasteiger partial charge >= 0.3 is 5.97 Å². The fourth-order valence-electron chi connectivity index (χ4n) is 1.48. The number of carbonyl (C=O) groups excluding carboxylic acids is 1. The van der Waals surface area contributed by atoms with E-state index in [-0.39, 0.29) is 11.5 Å². The summed E-state index contributed by atoms with van der Waals surface area (Å²) in [7, 11) is 0. The number of carbonyl (C=O) groups is 2. The summed E-state index contributed by atoms with van der Waals surface area (Å²) in [6, 6.07) is 6.39. The number of benzene rings is 1. The number of aromatic carboxylic acids is 1. The van der Waals surface area contributed by atoms with Crippen molar-refractivity contribution in [1.29, 1.82) is 0 Å². The lowest BCUT2D eigenvalue weighted by atomic mass is 10.2. The zero-order chi connectivity index (χ0) is 14.7. The quantitative estimate of drug-likeness (QED) is 0.903. The van der Waals surface area contributed by atoms with Crippen molar-refractivity contribution in [2.75, 3.05) is 5.32 Å². The van der Waals surface area contributed by atoms with Crippen LogP contribution in [0.15, 0.2) is 36.4 Å². The molecule has 0 saturated heterocycles. The first-order valence-corrected chi connectivity index (χ1v) is 5.44. The number of anilines is 1. The second-order valence-corrected chi connectivity index (χ2v) is 3.79. The molecule has 2 aromatic rings. The summed E-state index contributed by atoms with van der Waals surface area (Å²) in [5.41, 5.74) is -0.768. The first-order chi connectivity index (χ1) is 9.47. The Balaban J connectivity index is 2.25. The van der Waals surface area contributed by atoms with E-state index in [2.05, 4.69) is 10.3 Å². The minimum atomic E-state index is -1.27. The predicted molar refractivity (Wildman–Crippen MR) is 65.5 cm³/mol. The highest BCUT2D eigenvalue weighted by molar-refractivity contribution is 6.04. The lowest BCUT2D eigenvalue weighted by molar-refractivity contribution is 0.0690. The van der Waals surface area contributed by atoms with Crippen molar-refractivity contribution in [2.45, 2.75) is 0 Å². The number of carboxylic acids is 1. The van der Waals surface area contributed by atoms with Gasteiger partial charge in [0.2, 0.25) is 0 Å². The van der Waals surface area contributed by atoms with Crippen LogP contribution in [0.25, 0.3) is 0 Å². The second kappa shape index (κ2) is 5.43. The van der Waals surface area contributed by atoms with Crippen LogP contribution in [-0.2, 0) is 0 Å². The second-order valence-electron chi connectivity index (χ2n) is 3.79. The van der Waals surface area contributed by atoms with Gasteiger partial charge < -0.3 is 10.4 Å². The first kappa shape index (κ1) is 13.6. The van der Waals surface area contributed by atoms with Crippen molar-refractivity contribution in [3.63, 3.8) is 0 Å². The van der Waals surface area contributed by atoms with Crippen LogP contribution < -0.4 is 5.32 Å². The van der Waals surface area contributed by atoms with E-state index >= 15 is 0 Å². The van der Waals surface area contributed by atoms with Gasteiger partial charge in [0.15, 0.2) is 5.69 Å². The average Bonchev–Trinajstić information content (AvgIpc) is 2.41. The number of carboxylic acid groups (broad SMARTS) is 1. The SMILES string of the molecule is O=C(O)c1cccc(NC(=O)c2cc(F)ccc2F)n1. The number of nitrogens with zero attached hydrogens (tertiary/aromatic N) is 1. The molecule has 0 atom stereocenters. The molecule has 5 nitrogen and oxygen atoms in total. The zero-order valence-electron chi connectivity index (χ0n) is 9.93. The summed E-state index contributed by atoms with van der Waals surface area (Å²) < 4.78 is 26.4. The van der Waals surface area contributed by atoms with Gasteiger partial charge in [0, 0.05) is 0 Å². The van der Waals surface area contributed by atoms with Crippen LogP contribution in [0.3, 0.4) is 0 Å². The van der Waals surface area contributed by atoms with Crippen LogP contribution in [0.1, 0.15) is 20.8 Å².